The van der Waals surface area contributed by atoms with Crippen LogP contribution in [0.25, 0.3) is 0 Å². The minimum Gasteiger partial charge on any atom is -0.385 e. The zero-order chi connectivity index (χ0) is 13.8. The third-order valence-corrected chi connectivity index (χ3v) is 2.76. The fraction of sp³-hybridized carbons (Fsp3) is 0.308. The second-order valence-corrected chi connectivity index (χ2v) is 4.21. The monoisotopic (exact) mass is 261 g/mol. The number of carbonyl (C=O) groups is 3. The van der Waals surface area contributed by atoms with E-state index in [2.05, 4.69) is 10.6 Å². The summed E-state index contributed by atoms with van der Waals surface area (Å²) in [5, 5.41) is 5.25. The van der Waals surface area contributed by atoms with E-state index in [1.165, 1.54) is 4.90 Å². The topological polar surface area (TPSA) is 78.5 Å². The quantitative estimate of drug-likeness (QED) is 0.763. The zero-order valence-electron chi connectivity index (χ0n) is 10.6. The van der Waals surface area contributed by atoms with Gasteiger partial charge in [0.25, 0.3) is 5.91 Å². The molecule has 1 aliphatic heterocycles. The van der Waals surface area contributed by atoms with E-state index in [1.807, 2.05) is 13.0 Å². The van der Waals surface area contributed by atoms with Crippen LogP contribution in [0.2, 0.25) is 0 Å². The summed E-state index contributed by atoms with van der Waals surface area (Å²) in [5.74, 6) is -1.23. The number of para-hydroxylation sites is 1. The number of nitrogens with one attached hydrogen (secondary N) is 2. The molecule has 6 nitrogen and oxygen atoms in total. The molecule has 0 spiro atoms. The van der Waals surface area contributed by atoms with Gasteiger partial charge in [-0.3, -0.25) is 19.7 Å². The molecule has 1 heterocycles. The average Bonchev–Trinajstić information content (AvgIpc) is 2.38. The molecule has 0 radical (unpaired) electrons. The molecule has 2 N–H and O–H groups in total. The molecule has 0 atom stereocenters. The molecule has 1 fully saturated rings. The van der Waals surface area contributed by atoms with Crippen molar-refractivity contribution >= 4 is 23.4 Å². The number of anilines is 1. The van der Waals surface area contributed by atoms with Crippen LogP contribution in [0.15, 0.2) is 24.3 Å². The maximum Gasteiger partial charge on any atom is 0.256 e. The predicted octanol–water partition coefficient (Wildman–Crippen LogP) is 0.217. The van der Waals surface area contributed by atoms with E-state index >= 15 is 0 Å². The summed E-state index contributed by atoms with van der Waals surface area (Å²) in [5.41, 5.74) is 1.17. The van der Waals surface area contributed by atoms with Gasteiger partial charge in [0.05, 0.1) is 5.56 Å². The van der Waals surface area contributed by atoms with E-state index in [9.17, 15) is 14.4 Å². The van der Waals surface area contributed by atoms with Crippen LogP contribution in [0, 0.1) is 0 Å². The van der Waals surface area contributed by atoms with Crippen molar-refractivity contribution in [3.8, 4) is 0 Å². The zero-order valence-corrected chi connectivity index (χ0v) is 10.6. The fourth-order valence-corrected chi connectivity index (χ4v) is 1.97. The third-order valence-electron chi connectivity index (χ3n) is 2.76. The Morgan fingerprint density at radius 3 is 2.53 bits per heavy atom. The van der Waals surface area contributed by atoms with E-state index in [1.54, 1.807) is 18.2 Å². The molecule has 0 unspecified atom stereocenters. The predicted molar refractivity (Wildman–Crippen MR) is 69.7 cm³/mol. The smallest absolute Gasteiger partial charge is 0.256 e. The minimum absolute atomic E-state index is 0.0922. The Hall–Kier alpha value is -2.37. The first-order chi connectivity index (χ1) is 9.11. The molecule has 2 rings (SSSR count). The van der Waals surface area contributed by atoms with Crippen molar-refractivity contribution in [3.05, 3.63) is 29.8 Å². The second-order valence-electron chi connectivity index (χ2n) is 4.21. The van der Waals surface area contributed by atoms with Gasteiger partial charge in [0.1, 0.15) is 13.1 Å². The lowest BCUT2D eigenvalue weighted by Gasteiger charge is -2.26. The number of carbonyl (C=O) groups excluding carboxylic acids is 3. The molecule has 0 aromatic heterocycles. The lowest BCUT2D eigenvalue weighted by molar-refractivity contribution is -0.135. The van der Waals surface area contributed by atoms with Gasteiger partial charge >= 0.3 is 0 Å². The molecule has 1 aromatic carbocycles. The summed E-state index contributed by atoms with van der Waals surface area (Å²) in [7, 11) is 0. The second kappa shape index (κ2) is 5.51. The van der Waals surface area contributed by atoms with E-state index < -0.39 is 11.8 Å². The van der Waals surface area contributed by atoms with E-state index in [4.69, 9.17) is 0 Å². The Morgan fingerprint density at radius 2 is 1.89 bits per heavy atom. The molecule has 1 saturated heterocycles. The van der Waals surface area contributed by atoms with Gasteiger partial charge in [-0.15, -0.1) is 0 Å². The highest BCUT2D eigenvalue weighted by Gasteiger charge is 2.28. The van der Waals surface area contributed by atoms with Gasteiger partial charge in [-0.25, -0.2) is 0 Å². The molecule has 0 saturated carbocycles. The fourth-order valence-electron chi connectivity index (χ4n) is 1.97. The minimum atomic E-state index is -0.453. The van der Waals surface area contributed by atoms with Crippen LogP contribution in [-0.4, -0.2) is 42.3 Å². The van der Waals surface area contributed by atoms with Crippen molar-refractivity contribution in [2.75, 3.05) is 25.0 Å². The average molecular weight is 261 g/mol. The molecule has 3 amide bonds. The standard InChI is InChI=1S/C13H15N3O3/c1-2-14-10-6-4-3-5-9(10)13(19)16-7-11(17)15-12(18)8-16/h3-6,14H,2,7-8H2,1H3,(H,15,17,18). The van der Waals surface area contributed by atoms with E-state index in [0.29, 0.717) is 17.8 Å². The lowest BCUT2D eigenvalue weighted by atomic mass is 10.1. The van der Waals surface area contributed by atoms with Crippen molar-refractivity contribution < 1.29 is 14.4 Å². The van der Waals surface area contributed by atoms with Crippen molar-refractivity contribution in [1.29, 1.82) is 0 Å². The van der Waals surface area contributed by atoms with Gasteiger partial charge in [-0.05, 0) is 19.1 Å². The van der Waals surface area contributed by atoms with E-state index in [0.717, 1.165) is 0 Å². The van der Waals surface area contributed by atoms with Gasteiger partial charge in [0.15, 0.2) is 0 Å². The van der Waals surface area contributed by atoms with Crippen molar-refractivity contribution in [2.24, 2.45) is 0 Å². The largest absolute Gasteiger partial charge is 0.385 e. The number of piperazine rings is 1. The number of hydrogen-bond acceptors (Lipinski definition) is 4. The summed E-state index contributed by atoms with van der Waals surface area (Å²) < 4.78 is 0. The maximum atomic E-state index is 12.3. The highest BCUT2D eigenvalue weighted by atomic mass is 16.2. The Bertz CT molecular complexity index is 512. The third kappa shape index (κ3) is 2.90. The number of imide groups is 1. The van der Waals surface area contributed by atoms with Crippen molar-refractivity contribution in [1.82, 2.24) is 10.2 Å². The molecular formula is C13H15N3O3. The number of benzene rings is 1. The van der Waals surface area contributed by atoms with Gasteiger partial charge < -0.3 is 10.2 Å². The lowest BCUT2D eigenvalue weighted by Crippen LogP contribution is -2.53. The Morgan fingerprint density at radius 1 is 1.26 bits per heavy atom. The summed E-state index contributed by atoms with van der Waals surface area (Å²) in [6.07, 6.45) is 0. The Balaban J connectivity index is 2.24. The molecule has 100 valence electrons. The normalized spacial score (nSPS) is 15.1. The maximum absolute atomic E-state index is 12.3. The summed E-state index contributed by atoms with van der Waals surface area (Å²) in [6, 6.07) is 7.04. The molecule has 1 aliphatic rings. The number of nitrogens with zero attached hydrogens (tertiary/aromatic N) is 1. The SMILES string of the molecule is CCNc1ccccc1C(=O)N1CC(=O)NC(=O)C1. The van der Waals surface area contributed by atoms with Crippen LogP contribution in [0.3, 0.4) is 0 Å². The van der Waals surface area contributed by atoms with Crippen molar-refractivity contribution in [2.45, 2.75) is 6.92 Å². The summed E-state index contributed by atoms with van der Waals surface area (Å²) in [6.45, 7) is 2.43. The summed E-state index contributed by atoms with van der Waals surface area (Å²) in [4.78, 5) is 36.2. The molecule has 19 heavy (non-hydrogen) atoms. The van der Waals surface area contributed by atoms with E-state index in [-0.39, 0.29) is 19.0 Å². The number of rotatable bonds is 3. The van der Waals surface area contributed by atoms with Gasteiger partial charge in [-0.1, -0.05) is 12.1 Å². The number of amides is 3. The van der Waals surface area contributed by atoms with Gasteiger partial charge in [0.2, 0.25) is 11.8 Å². The molecular weight excluding hydrogens is 246 g/mol. The van der Waals surface area contributed by atoms with Crippen LogP contribution < -0.4 is 10.6 Å². The van der Waals surface area contributed by atoms with Crippen LogP contribution in [0.4, 0.5) is 5.69 Å². The highest BCUT2D eigenvalue weighted by molar-refractivity contribution is 6.07. The highest BCUT2D eigenvalue weighted by Crippen LogP contribution is 2.17. The molecule has 1 aromatic rings. The van der Waals surface area contributed by atoms with Crippen LogP contribution in [0.1, 0.15) is 17.3 Å². The van der Waals surface area contributed by atoms with Gasteiger partial charge in [0, 0.05) is 12.2 Å². The van der Waals surface area contributed by atoms with Crippen LogP contribution >= 0.6 is 0 Å². The Kier molecular flexibility index (Phi) is 3.79. The van der Waals surface area contributed by atoms with Gasteiger partial charge in [-0.2, -0.15) is 0 Å². The molecule has 0 aliphatic carbocycles. The summed E-state index contributed by atoms with van der Waals surface area (Å²) >= 11 is 0. The first-order valence-electron chi connectivity index (χ1n) is 6.06. The first-order valence-corrected chi connectivity index (χ1v) is 6.06. The van der Waals surface area contributed by atoms with Crippen LogP contribution in [-0.2, 0) is 9.59 Å². The number of hydrogen-bond donors (Lipinski definition) is 2. The van der Waals surface area contributed by atoms with Crippen molar-refractivity contribution in [3.63, 3.8) is 0 Å². The molecule has 6 heteroatoms. The van der Waals surface area contributed by atoms with Crippen LogP contribution in [0.5, 0.6) is 0 Å². The Labute approximate surface area is 110 Å². The molecule has 0 bridgehead atoms. The first kappa shape index (κ1) is 13.1.